The van der Waals surface area contributed by atoms with Gasteiger partial charge in [-0.05, 0) is 62.4 Å². The van der Waals surface area contributed by atoms with Crippen LogP contribution in [0.15, 0.2) is 48.5 Å². The van der Waals surface area contributed by atoms with Crippen LogP contribution in [0.25, 0.3) is 22.2 Å². The van der Waals surface area contributed by atoms with Crippen molar-refractivity contribution in [1.82, 2.24) is 20.5 Å². The summed E-state index contributed by atoms with van der Waals surface area (Å²) in [5.41, 5.74) is -8.08. The smallest absolute Gasteiger partial charge is 0.424 e. The minimum absolute atomic E-state index is 0.000917. The van der Waals surface area contributed by atoms with Crippen molar-refractivity contribution in [3.05, 3.63) is 81.9 Å². The van der Waals surface area contributed by atoms with E-state index in [-0.39, 0.29) is 44.1 Å². The van der Waals surface area contributed by atoms with Gasteiger partial charge in [-0.1, -0.05) is 11.6 Å². The number of hydrogen-bond acceptors (Lipinski definition) is 7. The Kier molecular flexibility index (Phi) is 8.60. The first-order valence-corrected chi connectivity index (χ1v) is 12.7. The highest BCUT2D eigenvalue weighted by Gasteiger charge is 2.57. The Labute approximate surface area is 245 Å². The van der Waals surface area contributed by atoms with Gasteiger partial charge in [-0.3, -0.25) is 4.79 Å². The quantitative estimate of drug-likeness (QED) is 0.210. The molecule has 0 saturated carbocycles. The lowest BCUT2D eigenvalue weighted by Crippen LogP contribution is -2.51. The van der Waals surface area contributed by atoms with E-state index < -0.39 is 53.5 Å². The summed E-state index contributed by atoms with van der Waals surface area (Å²) in [6.45, 7) is 1.03. The molecule has 1 amide bonds. The van der Waals surface area contributed by atoms with Crippen LogP contribution >= 0.6 is 11.6 Å². The molecule has 8 nitrogen and oxygen atoms in total. The van der Waals surface area contributed by atoms with E-state index in [1.54, 1.807) is 0 Å². The molecule has 0 radical (unpaired) electrons. The van der Waals surface area contributed by atoms with E-state index in [1.165, 1.54) is 33.1 Å². The van der Waals surface area contributed by atoms with Gasteiger partial charge in [0, 0.05) is 22.1 Å². The maximum Gasteiger partial charge on any atom is 0.424 e. The summed E-state index contributed by atoms with van der Waals surface area (Å²) in [6.07, 6.45) is -8.41. The second-order valence-electron chi connectivity index (χ2n) is 10.0. The van der Waals surface area contributed by atoms with Crippen molar-refractivity contribution in [2.75, 3.05) is 13.7 Å². The molecular weight excluding hydrogens is 606 g/mol. The zero-order valence-electron chi connectivity index (χ0n) is 22.6. The largest absolute Gasteiger partial charge is 0.494 e. The summed E-state index contributed by atoms with van der Waals surface area (Å²) < 4.78 is 88.5. The first kappa shape index (κ1) is 31.9. The Balaban J connectivity index is 1.78. The molecule has 0 fully saturated rings. The lowest BCUT2D eigenvalue weighted by atomic mass is 9.90. The molecule has 4 aromatic rings. The van der Waals surface area contributed by atoms with Crippen molar-refractivity contribution in [2.45, 2.75) is 37.7 Å². The van der Waals surface area contributed by atoms with Gasteiger partial charge in [-0.15, -0.1) is 10.2 Å². The summed E-state index contributed by atoms with van der Waals surface area (Å²) in [7, 11) is 1.20. The molecule has 0 unspecified atom stereocenters. The van der Waals surface area contributed by atoms with Crippen molar-refractivity contribution in [3.8, 4) is 17.0 Å². The Hall–Kier alpha value is -4.01. The van der Waals surface area contributed by atoms with Gasteiger partial charge >= 0.3 is 6.18 Å². The van der Waals surface area contributed by atoms with Crippen LogP contribution in [0.4, 0.5) is 26.3 Å². The molecule has 4 rings (SSSR count). The van der Waals surface area contributed by atoms with Gasteiger partial charge in [0.25, 0.3) is 12.3 Å². The zero-order chi connectivity index (χ0) is 31.9. The van der Waals surface area contributed by atoms with E-state index in [0.717, 1.165) is 36.4 Å². The number of pyridine rings is 1. The van der Waals surface area contributed by atoms with Crippen LogP contribution in [-0.2, 0) is 11.2 Å². The van der Waals surface area contributed by atoms with Crippen LogP contribution in [-0.4, -0.2) is 51.1 Å². The number of carbonyl (C=O) groups is 1. The Morgan fingerprint density at radius 1 is 1.05 bits per heavy atom. The summed E-state index contributed by atoms with van der Waals surface area (Å²) in [5, 5.41) is 30.5. The van der Waals surface area contributed by atoms with Gasteiger partial charge in [0.1, 0.15) is 22.8 Å². The summed E-state index contributed by atoms with van der Waals surface area (Å²) in [6, 6.07) is 8.37. The number of alkyl halides is 5. The topological polar surface area (TPSA) is 117 Å². The van der Waals surface area contributed by atoms with Crippen molar-refractivity contribution >= 4 is 28.4 Å². The molecule has 228 valence electrons. The van der Waals surface area contributed by atoms with E-state index in [1.807, 2.05) is 5.32 Å². The standard InChI is InChI=1S/C28H23ClF6N4O4/c1-26(2,41)17-11-20(37-23(21(17)29)13-4-6-16(30)7-5-13)27(42,28(33,34)35)12-36-25(40)15-8-14-9-18(24(31)32)38-39-22(14)19(10-15)43-3/h4-11,24,41-42H,12H2,1-3H3,(H,36,40)/t27-/m0/s1. The highest BCUT2D eigenvalue weighted by molar-refractivity contribution is 6.34. The Bertz CT molecular complexity index is 1680. The number of benzene rings is 2. The summed E-state index contributed by atoms with van der Waals surface area (Å²) in [5.74, 6) is -1.84. The third kappa shape index (κ3) is 6.36. The van der Waals surface area contributed by atoms with Gasteiger partial charge in [-0.2, -0.15) is 13.2 Å². The third-order valence-corrected chi connectivity index (χ3v) is 6.89. The van der Waals surface area contributed by atoms with Gasteiger partial charge in [0.05, 0.1) is 35.7 Å². The molecule has 15 heteroatoms. The molecular formula is C28H23ClF6N4O4. The SMILES string of the molecule is COc1cc(C(=O)NC[C@](O)(c2cc(C(C)(C)O)c(Cl)c(-c3ccc(F)cc3)n2)C(F)(F)F)cc2cc(C(F)F)nnc12. The summed E-state index contributed by atoms with van der Waals surface area (Å²) in [4.78, 5) is 17.0. The van der Waals surface area contributed by atoms with Crippen LogP contribution in [0, 0.1) is 5.82 Å². The zero-order valence-corrected chi connectivity index (χ0v) is 23.4. The summed E-state index contributed by atoms with van der Waals surface area (Å²) >= 11 is 6.40. The van der Waals surface area contributed by atoms with Crippen molar-refractivity contribution in [3.63, 3.8) is 0 Å². The number of rotatable bonds is 8. The average molecular weight is 629 g/mol. The van der Waals surface area contributed by atoms with E-state index in [9.17, 15) is 41.4 Å². The number of nitrogens with zero attached hydrogens (tertiary/aromatic N) is 3. The maximum atomic E-state index is 14.5. The fourth-order valence-corrected chi connectivity index (χ4v) is 4.60. The number of carbonyl (C=O) groups excluding carboxylic acids is 1. The fourth-order valence-electron chi connectivity index (χ4n) is 4.17. The lowest BCUT2D eigenvalue weighted by molar-refractivity contribution is -0.265. The van der Waals surface area contributed by atoms with E-state index in [2.05, 4.69) is 15.2 Å². The Morgan fingerprint density at radius 3 is 2.26 bits per heavy atom. The first-order chi connectivity index (χ1) is 20.0. The third-order valence-electron chi connectivity index (χ3n) is 6.51. The average Bonchev–Trinajstić information content (AvgIpc) is 2.94. The molecule has 2 aromatic heterocycles. The number of ether oxygens (including phenoxy) is 1. The van der Waals surface area contributed by atoms with Crippen LogP contribution in [0.1, 0.15) is 47.6 Å². The molecule has 1 atom stereocenters. The normalized spacial score (nSPS) is 13.7. The number of halogens is 7. The maximum absolute atomic E-state index is 14.5. The second kappa shape index (κ2) is 11.6. The molecule has 3 N–H and O–H groups in total. The molecule has 2 heterocycles. The van der Waals surface area contributed by atoms with E-state index in [4.69, 9.17) is 16.3 Å². The van der Waals surface area contributed by atoms with Crippen molar-refractivity contribution in [1.29, 1.82) is 0 Å². The minimum Gasteiger partial charge on any atom is -0.494 e. The predicted octanol–water partition coefficient (Wildman–Crippen LogP) is 5.84. The Morgan fingerprint density at radius 2 is 1.70 bits per heavy atom. The van der Waals surface area contributed by atoms with Crippen LogP contribution in [0.2, 0.25) is 5.02 Å². The van der Waals surface area contributed by atoms with Crippen molar-refractivity contribution in [2.24, 2.45) is 0 Å². The molecule has 0 aliphatic rings. The molecule has 0 saturated heterocycles. The number of nitrogens with one attached hydrogen (secondary N) is 1. The van der Waals surface area contributed by atoms with E-state index in [0.29, 0.717) is 0 Å². The van der Waals surface area contributed by atoms with Gasteiger partial charge < -0.3 is 20.3 Å². The number of aliphatic hydroxyl groups is 2. The number of fused-ring (bicyclic) bond motifs is 1. The fraction of sp³-hybridized carbons (Fsp3) is 0.286. The molecule has 0 bridgehead atoms. The van der Waals surface area contributed by atoms with Crippen LogP contribution in [0.3, 0.4) is 0 Å². The molecule has 2 aromatic carbocycles. The second-order valence-corrected chi connectivity index (χ2v) is 10.4. The van der Waals surface area contributed by atoms with Gasteiger partial charge in [0.15, 0.2) is 0 Å². The van der Waals surface area contributed by atoms with E-state index >= 15 is 0 Å². The first-order valence-electron chi connectivity index (χ1n) is 12.4. The van der Waals surface area contributed by atoms with Gasteiger partial charge in [0.2, 0.25) is 5.60 Å². The van der Waals surface area contributed by atoms with Crippen LogP contribution in [0.5, 0.6) is 5.75 Å². The van der Waals surface area contributed by atoms with Gasteiger partial charge in [-0.25, -0.2) is 18.2 Å². The van der Waals surface area contributed by atoms with Crippen molar-refractivity contribution < 1.29 is 46.1 Å². The minimum atomic E-state index is -5.43. The van der Waals surface area contributed by atoms with Crippen LogP contribution < -0.4 is 10.1 Å². The monoisotopic (exact) mass is 628 g/mol. The highest BCUT2D eigenvalue weighted by atomic mass is 35.5. The number of aromatic nitrogens is 3. The molecule has 0 spiro atoms. The number of hydrogen-bond donors (Lipinski definition) is 3. The molecule has 0 aliphatic carbocycles. The molecule has 0 aliphatic heterocycles. The number of amides is 1. The highest BCUT2D eigenvalue weighted by Crippen LogP contribution is 2.43. The number of methoxy groups -OCH3 is 1. The lowest BCUT2D eigenvalue weighted by Gasteiger charge is -2.32. The molecule has 43 heavy (non-hydrogen) atoms. The predicted molar refractivity (Wildman–Crippen MR) is 143 cm³/mol.